The van der Waals surface area contributed by atoms with Crippen molar-refractivity contribution in [3.8, 4) is 23.3 Å². The van der Waals surface area contributed by atoms with Gasteiger partial charge in [-0.3, -0.25) is 4.79 Å². The lowest BCUT2D eigenvalue weighted by molar-refractivity contribution is -0.112. The summed E-state index contributed by atoms with van der Waals surface area (Å²) in [6, 6.07) is 23.8. The minimum absolute atomic E-state index is 0.0810. The van der Waals surface area contributed by atoms with Crippen molar-refractivity contribution in [2.45, 2.75) is 20.5 Å². The molecule has 0 aliphatic heterocycles. The second kappa shape index (κ2) is 11.6. The standard InChI is InChI=1S/C30H25BrN2O4/c1-3-36-28-16-20(14-22(17-32)30(35)33-23-10-12-24(34)13-11-23)15-27(31)29(28)37-18-26-19(2)8-9-21-6-4-5-7-25(21)26/h4-16,34H,3,18H2,1-2H3,(H,33,35)/b22-14+. The lowest BCUT2D eigenvalue weighted by atomic mass is 10.0. The molecule has 0 saturated carbocycles. The van der Waals surface area contributed by atoms with E-state index in [4.69, 9.17) is 9.47 Å². The van der Waals surface area contributed by atoms with Crippen molar-refractivity contribution in [2.24, 2.45) is 0 Å². The highest BCUT2D eigenvalue weighted by molar-refractivity contribution is 9.10. The van der Waals surface area contributed by atoms with Crippen LogP contribution in [0.1, 0.15) is 23.6 Å². The minimum Gasteiger partial charge on any atom is -0.508 e. The van der Waals surface area contributed by atoms with Crippen LogP contribution in [-0.2, 0) is 11.4 Å². The first-order chi connectivity index (χ1) is 17.9. The van der Waals surface area contributed by atoms with Gasteiger partial charge in [0.2, 0.25) is 0 Å². The highest BCUT2D eigenvalue weighted by atomic mass is 79.9. The summed E-state index contributed by atoms with van der Waals surface area (Å²) in [5.41, 5.74) is 3.20. The van der Waals surface area contributed by atoms with E-state index in [-0.39, 0.29) is 11.3 Å². The Hall–Kier alpha value is -4.28. The molecule has 0 aromatic heterocycles. The van der Waals surface area contributed by atoms with Gasteiger partial charge in [0.1, 0.15) is 24.0 Å². The van der Waals surface area contributed by atoms with Crippen LogP contribution in [0.3, 0.4) is 0 Å². The summed E-state index contributed by atoms with van der Waals surface area (Å²) in [5, 5.41) is 24.0. The highest BCUT2D eigenvalue weighted by Crippen LogP contribution is 2.38. The predicted octanol–water partition coefficient (Wildman–Crippen LogP) is 7.14. The van der Waals surface area contributed by atoms with Gasteiger partial charge in [-0.15, -0.1) is 0 Å². The van der Waals surface area contributed by atoms with Crippen LogP contribution in [0.4, 0.5) is 5.69 Å². The van der Waals surface area contributed by atoms with E-state index in [2.05, 4.69) is 52.4 Å². The summed E-state index contributed by atoms with van der Waals surface area (Å²) in [7, 11) is 0. The molecule has 2 N–H and O–H groups in total. The number of hydrogen-bond donors (Lipinski definition) is 2. The van der Waals surface area contributed by atoms with Crippen LogP contribution in [0, 0.1) is 18.3 Å². The molecule has 0 atom stereocenters. The first kappa shape index (κ1) is 25.8. The van der Waals surface area contributed by atoms with Crippen molar-refractivity contribution < 1.29 is 19.4 Å². The van der Waals surface area contributed by atoms with Crippen molar-refractivity contribution in [1.82, 2.24) is 0 Å². The topological polar surface area (TPSA) is 91.6 Å². The molecular formula is C30H25BrN2O4. The summed E-state index contributed by atoms with van der Waals surface area (Å²) in [4.78, 5) is 12.7. The molecule has 0 radical (unpaired) electrons. The summed E-state index contributed by atoms with van der Waals surface area (Å²) >= 11 is 3.58. The number of anilines is 1. The lowest BCUT2D eigenvalue weighted by Gasteiger charge is -2.17. The summed E-state index contributed by atoms with van der Waals surface area (Å²) < 4.78 is 12.8. The molecule has 7 heteroatoms. The van der Waals surface area contributed by atoms with Gasteiger partial charge in [0.15, 0.2) is 11.5 Å². The average molecular weight is 557 g/mol. The number of benzene rings is 4. The Bertz CT molecular complexity index is 1520. The van der Waals surface area contributed by atoms with E-state index >= 15 is 0 Å². The monoisotopic (exact) mass is 556 g/mol. The van der Waals surface area contributed by atoms with Gasteiger partial charge >= 0.3 is 0 Å². The number of amides is 1. The molecule has 6 nitrogen and oxygen atoms in total. The van der Waals surface area contributed by atoms with Gasteiger partial charge < -0.3 is 19.9 Å². The van der Waals surface area contributed by atoms with Gasteiger partial charge in [0.05, 0.1) is 11.1 Å². The number of carbonyl (C=O) groups is 1. The number of fused-ring (bicyclic) bond motifs is 1. The maximum Gasteiger partial charge on any atom is 0.266 e. The van der Waals surface area contributed by atoms with Crippen molar-refractivity contribution >= 4 is 44.4 Å². The van der Waals surface area contributed by atoms with Crippen molar-refractivity contribution in [3.05, 3.63) is 99.5 Å². The quantitative estimate of drug-likeness (QED) is 0.137. The zero-order chi connectivity index (χ0) is 26.4. The summed E-state index contributed by atoms with van der Waals surface area (Å²) in [6.45, 7) is 4.69. The fourth-order valence-electron chi connectivity index (χ4n) is 3.91. The number of nitriles is 1. The summed E-state index contributed by atoms with van der Waals surface area (Å²) in [5.74, 6) is 0.560. The Morgan fingerprint density at radius 3 is 2.57 bits per heavy atom. The maximum absolute atomic E-state index is 12.7. The minimum atomic E-state index is -0.561. The Kier molecular flexibility index (Phi) is 8.11. The number of hydrogen-bond acceptors (Lipinski definition) is 5. The largest absolute Gasteiger partial charge is 0.508 e. The molecule has 37 heavy (non-hydrogen) atoms. The van der Waals surface area contributed by atoms with E-state index in [0.29, 0.717) is 40.4 Å². The number of rotatable bonds is 8. The Balaban J connectivity index is 1.61. The molecule has 0 fully saturated rings. The van der Waals surface area contributed by atoms with Crippen LogP contribution in [-0.4, -0.2) is 17.6 Å². The van der Waals surface area contributed by atoms with Gasteiger partial charge in [-0.05, 0) is 94.2 Å². The molecule has 0 heterocycles. The number of phenols is 1. The van der Waals surface area contributed by atoms with E-state index in [0.717, 1.165) is 21.9 Å². The lowest BCUT2D eigenvalue weighted by Crippen LogP contribution is -2.13. The second-order valence-corrected chi connectivity index (χ2v) is 9.16. The molecule has 186 valence electrons. The van der Waals surface area contributed by atoms with Crippen molar-refractivity contribution in [3.63, 3.8) is 0 Å². The van der Waals surface area contributed by atoms with Gasteiger partial charge in [-0.2, -0.15) is 5.26 Å². The van der Waals surface area contributed by atoms with E-state index in [1.165, 1.54) is 18.2 Å². The number of nitrogens with one attached hydrogen (secondary N) is 1. The zero-order valence-electron chi connectivity index (χ0n) is 20.4. The van der Waals surface area contributed by atoms with Crippen molar-refractivity contribution in [1.29, 1.82) is 5.26 Å². The molecular weight excluding hydrogens is 532 g/mol. The molecule has 4 aromatic carbocycles. The SMILES string of the molecule is CCOc1cc(/C=C(\C#N)C(=O)Nc2ccc(O)cc2)cc(Br)c1OCc1c(C)ccc2ccccc12. The van der Waals surface area contributed by atoms with Crippen LogP contribution < -0.4 is 14.8 Å². The second-order valence-electron chi connectivity index (χ2n) is 8.30. The van der Waals surface area contributed by atoms with Crippen LogP contribution in [0.5, 0.6) is 17.2 Å². The van der Waals surface area contributed by atoms with E-state index in [9.17, 15) is 15.2 Å². The number of phenolic OH excluding ortho intramolecular Hbond substituents is 1. The third-order valence-electron chi connectivity index (χ3n) is 5.77. The average Bonchev–Trinajstić information content (AvgIpc) is 2.89. The number of carbonyl (C=O) groups excluding carboxylic acids is 1. The van der Waals surface area contributed by atoms with Gasteiger partial charge in [0, 0.05) is 11.3 Å². The van der Waals surface area contributed by atoms with Crippen LogP contribution >= 0.6 is 15.9 Å². The molecule has 0 unspecified atom stereocenters. The molecule has 0 saturated heterocycles. The first-order valence-electron chi connectivity index (χ1n) is 11.7. The molecule has 0 bridgehead atoms. The Labute approximate surface area is 223 Å². The van der Waals surface area contributed by atoms with E-state index in [1.54, 1.807) is 24.3 Å². The van der Waals surface area contributed by atoms with Gasteiger partial charge in [-0.1, -0.05) is 36.4 Å². The van der Waals surface area contributed by atoms with Crippen LogP contribution in [0.15, 0.2) is 82.8 Å². The Morgan fingerprint density at radius 1 is 1.08 bits per heavy atom. The first-order valence-corrected chi connectivity index (χ1v) is 12.5. The smallest absolute Gasteiger partial charge is 0.266 e. The van der Waals surface area contributed by atoms with Crippen LogP contribution in [0.2, 0.25) is 0 Å². The van der Waals surface area contributed by atoms with Gasteiger partial charge in [-0.25, -0.2) is 0 Å². The molecule has 0 aliphatic carbocycles. The summed E-state index contributed by atoms with van der Waals surface area (Å²) in [6.07, 6.45) is 1.49. The molecule has 4 aromatic rings. The zero-order valence-corrected chi connectivity index (χ0v) is 22.0. The van der Waals surface area contributed by atoms with E-state index in [1.807, 2.05) is 25.1 Å². The third kappa shape index (κ3) is 6.11. The molecule has 0 aliphatic rings. The fourth-order valence-corrected chi connectivity index (χ4v) is 4.49. The number of aromatic hydroxyl groups is 1. The fraction of sp³-hybridized carbons (Fsp3) is 0.133. The maximum atomic E-state index is 12.7. The number of aryl methyl sites for hydroxylation is 1. The molecule has 0 spiro atoms. The van der Waals surface area contributed by atoms with E-state index < -0.39 is 5.91 Å². The molecule has 4 rings (SSSR count). The third-order valence-corrected chi connectivity index (χ3v) is 6.36. The Morgan fingerprint density at radius 2 is 1.84 bits per heavy atom. The number of halogens is 1. The predicted molar refractivity (Wildman–Crippen MR) is 149 cm³/mol. The molecule has 1 amide bonds. The van der Waals surface area contributed by atoms with Crippen LogP contribution in [0.25, 0.3) is 16.8 Å². The highest BCUT2D eigenvalue weighted by Gasteiger charge is 2.16. The van der Waals surface area contributed by atoms with Crippen molar-refractivity contribution in [2.75, 3.05) is 11.9 Å². The number of nitrogens with zero attached hydrogens (tertiary/aromatic N) is 1. The van der Waals surface area contributed by atoms with Gasteiger partial charge in [0.25, 0.3) is 5.91 Å². The number of ether oxygens (including phenoxy) is 2. The normalized spacial score (nSPS) is 11.1.